The molecular formula is C71H130N12O12S. The van der Waals surface area contributed by atoms with Crippen LogP contribution in [-0.2, 0) is 52.7 Å². The molecular weight excluding hydrogens is 1240 g/mol. The summed E-state index contributed by atoms with van der Waals surface area (Å²) in [6.07, 6.45) is 6.72. The Balaban J connectivity index is 4.65. The average Bonchev–Trinajstić information content (AvgIpc) is 0.763. The molecule has 14 atom stereocenters. The van der Waals surface area contributed by atoms with Crippen LogP contribution in [0.5, 0.6) is 0 Å². The molecule has 11 amide bonds. The highest BCUT2D eigenvalue weighted by atomic mass is 32.2. The first kappa shape index (κ1) is 88.2. The zero-order valence-electron chi connectivity index (χ0n) is 63.9. The molecule has 1 aliphatic rings. The number of hydrogen-bond donors (Lipinski definition) is 6. The van der Waals surface area contributed by atoms with Gasteiger partial charge in [0.2, 0.25) is 59.1 Å². The number of nitrogens with one attached hydrogen (secondary N) is 5. The molecule has 0 aliphatic carbocycles. The van der Waals surface area contributed by atoms with Crippen molar-refractivity contribution in [2.24, 2.45) is 41.4 Å². The predicted octanol–water partition coefficient (Wildman–Crippen LogP) is 6.23. The molecule has 0 radical (unpaired) electrons. The van der Waals surface area contributed by atoms with Crippen LogP contribution in [0.15, 0.2) is 12.2 Å². The molecule has 1 heterocycles. The van der Waals surface area contributed by atoms with Crippen LogP contribution >= 0.6 is 11.8 Å². The van der Waals surface area contributed by atoms with Crippen molar-refractivity contribution in [3.63, 3.8) is 0 Å². The maximum Gasteiger partial charge on any atom is 0.259 e. The number of aliphatic hydroxyl groups is 1. The number of nitrogens with zero attached hydrogens (tertiary/aromatic N) is 7. The van der Waals surface area contributed by atoms with Gasteiger partial charge < -0.3 is 66.0 Å². The molecule has 24 nitrogen and oxygen atoms in total. The fourth-order valence-electron chi connectivity index (χ4n) is 12.4. The maximum absolute atomic E-state index is 16.4. The van der Waals surface area contributed by atoms with Crippen LogP contribution in [0.3, 0.4) is 0 Å². The molecule has 552 valence electrons. The lowest BCUT2D eigenvalue weighted by atomic mass is 9.91. The summed E-state index contributed by atoms with van der Waals surface area (Å²) < 4.78 is 0. The van der Waals surface area contributed by atoms with Gasteiger partial charge in [0.15, 0.2) is 4.87 Å². The largest absolute Gasteiger partial charge is 0.390 e. The van der Waals surface area contributed by atoms with Crippen LogP contribution in [0.4, 0.5) is 0 Å². The van der Waals surface area contributed by atoms with E-state index in [2.05, 4.69) is 40.4 Å². The van der Waals surface area contributed by atoms with E-state index in [0.29, 0.717) is 6.42 Å². The van der Waals surface area contributed by atoms with Crippen molar-refractivity contribution < 1.29 is 57.8 Å². The van der Waals surface area contributed by atoms with Crippen LogP contribution < -0.4 is 26.6 Å². The van der Waals surface area contributed by atoms with Gasteiger partial charge in [0.05, 0.1) is 18.0 Å². The highest BCUT2D eigenvalue weighted by Gasteiger charge is 2.55. The lowest BCUT2D eigenvalue weighted by Crippen LogP contribution is -2.68. The van der Waals surface area contributed by atoms with Gasteiger partial charge in [-0.1, -0.05) is 135 Å². The third kappa shape index (κ3) is 24.9. The molecule has 1 fully saturated rings. The normalized spacial score (nSPS) is 26.7. The van der Waals surface area contributed by atoms with Crippen molar-refractivity contribution in [3.05, 3.63) is 12.2 Å². The van der Waals surface area contributed by atoms with E-state index in [1.807, 2.05) is 75.3 Å². The Morgan fingerprint density at radius 1 is 0.552 bits per heavy atom. The van der Waals surface area contributed by atoms with Gasteiger partial charge in [0.1, 0.15) is 54.4 Å². The number of hydrogen-bond acceptors (Lipinski definition) is 14. The fraction of sp³-hybridized carbons (Fsp3) is 0.817. The van der Waals surface area contributed by atoms with E-state index in [9.17, 15) is 38.7 Å². The van der Waals surface area contributed by atoms with Crippen LogP contribution in [0.25, 0.3) is 0 Å². The number of likely N-dealkylation sites (N-methyl/N-ethyl adjacent to an activating group) is 7. The summed E-state index contributed by atoms with van der Waals surface area (Å²) in [4.78, 5) is 172. The summed E-state index contributed by atoms with van der Waals surface area (Å²) in [5.41, 5.74) is 0. The Morgan fingerprint density at radius 3 is 1.50 bits per heavy atom. The number of thioether (sulfide) groups is 1. The standard InChI is InChI=1S/C71H130N12O12S/c1-28-31-33-35-48(17)72-51(20)96-71(46(14)15)70(95)82(26)59(60(85)47(16)34-32-29-2)64(89)75-52(30-3)66(91)77(21)40-57(84)78(22)53(36-41(4)5)63(88)76-58(45(12)13)69(94)79(23)54(37-42(6)7)62(87)73-49(18)61(86)74-50(19)65(90)80(24)55(38-43(8)9)67(92)81(25)56(39-44(10)11)68(93)83(71)27/h29,32,41-56,58-60,72,85H,28,30-31,33-40H2,1-27H3,(H,73,87)(H,74,86)(H,75,89)(H,76,88)/b32-29+/t47-,48?,49+,50-,51?,52+,53+,54+,55+,56+,58+,59+,60-,71+/m1/s1. The number of rotatable bonds is 23. The summed E-state index contributed by atoms with van der Waals surface area (Å²) in [5.74, 6) is -10.0. The quantitative estimate of drug-likeness (QED) is 0.0376. The molecule has 1 aliphatic heterocycles. The van der Waals surface area contributed by atoms with Gasteiger partial charge in [-0.2, -0.15) is 0 Å². The Hall–Kier alpha value is -5.82. The van der Waals surface area contributed by atoms with E-state index in [1.165, 1.54) is 99.4 Å². The summed E-state index contributed by atoms with van der Waals surface area (Å²) >= 11 is 1.17. The smallest absolute Gasteiger partial charge is 0.259 e. The van der Waals surface area contributed by atoms with Crippen molar-refractivity contribution in [2.75, 3.05) is 55.9 Å². The molecule has 0 bridgehead atoms. The van der Waals surface area contributed by atoms with E-state index in [1.54, 1.807) is 47.6 Å². The Morgan fingerprint density at radius 2 is 1.02 bits per heavy atom. The van der Waals surface area contributed by atoms with Gasteiger partial charge >= 0.3 is 0 Å². The summed E-state index contributed by atoms with van der Waals surface area (Å²) in [5, 5.41) is 26.8. The van der Waals surface area contributed by atoms with E-state index in [-0.39, 0.29) is 61.8 Å². The Bertz CT molecular complexity index is 2600. The minimum absolute atomic E-state index is 0.00580. The van der Waals surface area contributed by atoms with Gasteiger partial charge in [0.25, 0.3) is 5.91 Å². The number of aliphatic hydroxyl groups excluding tert-OH is 1. The lowest BCUT2D eigenvalue weighted by Gasteiger charge is -2.49. The highest BCUT2D eigenvalue weighted by molar-refractivity contribution is 8.01. The van der Waals surface area contributed by atoms with Crippen molar-refractivity contribution in [1.82, 2.24) is 60.9 Å². The van der Waals surface area contributed by atoms with Crippen LogP contribution in [-0.4, -0.2) is 237 Å². The van der Waals surface area contributed by atoms with Gasteiger partial charge in [-0.25, -0.2) is 0 Å². The molecule has 1 saturated heterocycles. The molecule has 0 aromatic carbocycles. The lowest BCUT2D eigenvalue weighted by molar-refractivity contribution is -0.159. The summed E-state index contributed by atoms with van der Waals surface area (Å²) in [6, 6.07) is -11.4. The zero-order chi connectivity index (χ0) is 74.3. The molecule has 0 aromatic rings. The molecule has 1 rings (SSSR count). The molecule has 25 heteroatoms. The molecule has 96 heavy (non-hydrogen) atoms. The average molecular weight is 1380 g/mol. The second-order valence-corrected chi connectivity index (χ2v) is 31.1. The van der Waals surface area contributed by atoms with Gasteiger partial charge in [0, 0.05) is 55.4 Å². The molecule has 0 saturated carbocycles. The Labute approximate surface area is 581 Å². The second-order valence-electron chi connectivity index (χ2n) is 29.5. The second kappa shape index (κ2) is 40.9. The number of carbonyl (C=O) groups excluding carboxylic acids is 11. The number of carbonyl (C=O) groups is 11. The Kier molecular flexibility index (Phi) is 37.6. The number of amides is 11. The molecule has 0 spiro atoms. The van der Waals surface area contributed by atoms with E-state index in [4.69, 9.17) is 0 Å². The molecule has 2 unspecified atom stereocenters. The first-order valence-electron chi connectivity index (χ1n) is 35.2. The van der Waals surface area contributed by atoms with Crippen LogP contribution in [0, 0.1) is 41.4 Å². The highest BCUT2D eigenvalue weighted by Crippen LogP contribution is 2.42. The van der Waals surface area contributed by atoms with Gasteiger partial charge in [-0.15, -0.1) is 11.8 Å². The van der Waals surface area contributed by atoms with Crippen LogP contribution in [0.1, 0.15) is 203 Å². The van der Waals surface area contributed by atoms with Gasteiger partial charge in [-0.05, 0) is 121 Å². The topological polar surface area (TPSA) is 291 Å². The van der Waals surface area contributed by atoms with Gasteiger partial charge in [-0.3, -0.25) is 52.7 Å². The number of allylic oxidation sites excluding steroid dienone is 2. The minimum Gasteiger partial charge on any atom is -0.390 e. The maximum atomic E-state index is 16.4. The minimum atomic E-state index is -1.88. The first-order valence-corrected chi connectivity index (χ1v) is 36.1. The monoisotopic (exact) mass is 1370 g/mol. The van der Waals surface area contributed by atoms with E-state index < -0.39 is 160 Å². The van der Waals surface area contributed by atoms with Crippen molar-refractivity contribution in [1.29, 1.82) is 0 Å². The number of unbranched alkanes of at least 4 members (excludes halogenated alkanes) is 2. The van der Waals surface area contributed by atoms with E-state index in [0.717, 1.165) is 35.5 Å². The third-order valence-corrected chi connectivity index (χ3v) is 20.2. The summed E-state index contributed by atoms with van der Waals surface area (Å²) in [7, 11) is 10.1. The molecule has 6 N–H and O–H groups in total. The van der Waals surface area contributed by atoms with Crippen molar-refractivity contribution in [3.8, 4) is 0 Å². The fourth-order valence-corrected chi connectivity index (χ4v) is 14.0. The van der Waals surface area contributed by atoms with Crippen LogP contribution in [0.2, 0.25) is 0 Å². The third-order valence-electron chi connectivity index (χ3n) is 18.4. The summed E-state index contributed by atoms with van der Waals surface area (Å²) in [6.45, 7) is 35.7. The predicted molar refractivity (Wildman–Crippen MR) is 381 cm³/mol. The SMILES string of the molecule is C/C=C/C[C@@H](C)[C@@H](O)[C@H]1C(=O)N[C@@H](CC)C(=O)N(C)CC(=O)N(C)[C@@H](CC(C)C)C(=O)N[C@@H](C(C)C)C(=O)N(C)[C@@H](CC(C)C)C(=O)N[C@@H](C)C(=O)N[C@H](C)C(=O)N(C)[C@@H](CC(C)C)C(=O)N(C)[C@@H](CC(C)C)C(=O)N(C)[C@](SC(C)NC(C)CCCCC)(C(C)C)C(=O)N1C. The zero-order valence-corrected chi connectivity index (χ0v) is 64.7. The van der Waals surface area contributed by atoms with Crippen molar-refractivity contribution >= 4 is 76.7 Å². The molecule has 0 aromatic heterocycles. The first-order chi connectivity index (χ1) is 44.4. The van der Waals surface area contributed by atoms with E-state index >= 15 is 19.2 Å². The van der Waals surface area contributed by atoms with Crippen molar-refractivity contribution in [2.45, 2.75) is 279 Å².